The highest BCUT2D eigenvalue weighted by Gasteiger charge is 2.12. The summed E-state index contributed by atoms with van der Waals surface area (Å²) < 4.78 is 7.33. The molecule has 0 spiro atoms. The van der Waals surface area contributed by atoms with Crippen molar-refractivity contribution in [2.24, 2.45) is 0 Å². The Kier molecular flexibility index (Phi) is 5.36. The van der Waals surface area contributed by atoms with Gasteiger partial charge in [-0.3, -0.25) is 4.79 Å². The van der Waals surface area contributed by atoms with E-state index in [9.17, 15) is 4.79 Å². The van der Waals surface area contributed by atoms with Crippen LogP contribution < -0.4 is 10.3 Å². The quantitative estimate of drug-likeness (QED) is 0.722. The minimum atomic E-state index is 0.0278. The maximum atomic E-state index is 12.0. The molecule has 0 saturated carbocycles. The van der Waals surface area contributed by atoms with Crippen LogP contribution in [0.15, 0.2) is 25.1 Å². The molecule has 2 aromatic heterocycles. The molecule has 0 radical (unpaired) electrons. The molecule has 0 amide bonds. The summed E-state index contributed by atoms with van der Waals surface area (Å²) in [7, 11) is 1.96. The first-order valence-corrected chi connectivity index (χ1v) is 8.96. The van der Waals surface area contributed by atoms with E-state index in [2.05, 4.69) is 22.9 Å². The van der Waals surface area contributed by atoms with E-state index in [0.29, 0.717) is 16.2 Å². The van der Waals surface area contributed by atoms with Crippen molar-refractivity contribution in [3.63, 3.8) is 0 Å². The molecule has 2 aromatic rings. The summed E-state index contributed by atoms with van der Waals surface area (Å²) in [5, 5.41) is 1.89. The minimum Gasteiger partial charge on any atom is -0.438 e. The third-order valence-electron chi connectivity index (χ3n) is 2.68. The van der Waals surface area contributed by atoms with Gasteiger partial charge in [0.15, 0.2) is 11.5 Å². The third kappa shape index (κ3) is 3.55. The zero-order valence-corrected chi connectivity index (χ0v) is 14.2. The molecule has 0 aliphatic rings. The van der Waals surface area contributed by atoms with Crippen LogP contribution in [0.25, 0.3) is 10.3 Å². The molecule has 19 heavy (non-hydrogen) atoms. The van der Waals surface area contributed by atoms with Crippen molar-refractivity contribution >= 4 is 55.2 Å². The monoisotopic (exact) mass is 361 g/mol. The summed E-state index contributed by atoms with van der Waals surface area (Å²) in [6.07, 6.45) is 1.19. The van der Waals surface area contributed by atoms with Crippen LogP contribution in [-0.2, 0) is 0 Å². The van der Waals surface area contributed by atoms with E-state index >= 15 is 0 Å². The van der Waals surface area contributed by atoms with Crippen LogP contribution in [0.1, 0.15) is 13.3 Å². The highest BCUT2D eigenvalue weighted by Crippen LogP contribution is 2.30. The zero-order valence-electron chi connectivity index (χ0n) is 10.9. The second-order valence-electron chi connectivity index (χ2n) is 4.22. The Balaban J connectivity index is 2.15. The summed E-state index contributed by atoms with van der Waals surface area (Å²) in [6.45, 7) is 3.05. The molecule has 104 valence electrons. The summed E-state index contributed by atoms with van der Waals surface area (Å²) in [6, 6.07) is 1.58. The van der Waals surface area contributed by atoms with Crippen LogP contribution in [-0.4, -0.2) is 25.1 Å². The maximum Gasteiger partial charge on any atom is 0.204 e. The standard InChI is InChI=1S/C13H16BrNO2S2/c1-3-5-18-6-4-15(2)11-7-10(16)13-12(17-11)9(14)8-19-13/h7-8H,3-6H2,1-2H3. The molecular weight excluding hydrogens is 346 g/mol. The highest BCUT2D eigenvalue weighted by atomic mass is 79.9. The van der Waals surface area contributed by atoms with E-state index < -0.39 is 0 Å². The summed E-state index contributed by atoms with van der Waals surface area (Å²) in [5.74, 6) is 2.85. The van der Waals surface area contributed by atoms with Crippen LogP contribution in [0.2, 0.25) is 0 Å². The van der Waals surface area contributed by atoms with E-state index in [-0.39, 0.29) is 5.43 Å². The van der Waals surface area contributed by atoms with E-state index in [0.717, 1.165) is 16.8 Å². The van der Waals surface area contributed by atoms with Gasteiger partial charge in [0.2, 0.25) is 5.43 Å². The number of thiophene rings is 1. The molecule has 0 fully saturated rings. The SMILES string of the molecule is CCCSCCN(C)c1cc(=O)c2scc(Br)c2o1. The number of fused-ring (bicyclic) bond motifs is 1. The van der Waals surface area contributed by atoms with Crippen molar-refractivity contribution in [3.8, 4) is 0 Å². The molecular formula is C13H16BrNO2S2. The number of rotatable bonds is 6. The van der Waals surface area contributed by atoms with Gasteiger partial charge in [-0.1, -0.05) is 6.92 Å². The normalized spacial score (nSPS) is 11.1. The summed E-state index contributed by atoms with van der Waals surface area (Å²) >= 11 is 6.74. The van der Waals surface area contributed by atoms with Crippen LogP contribution in [0.5, 0.6) is 0 Å². The van der Waals surface area contributed by atoms with Gasteiger partial charge in [0, 0.05) is 30.8 Å². The van der Waals surface area contributed by atoms with Gasteiger partial charge in [0.05, 0.1) is 4.47 Å². The lowest BCUT2D eigenvalue weighted by Gasteiger charge is -2.17. The molecule has 0 aliphatic carbocycles. The van der Waals surface area contributed by atoms with Crippen LogP contribution in [0.4, 0.5) is 5.88 Å². The Morgan fingerprint density at radius 1 is 1.47 bits per heavy atom. The van der Waals surface area contributed by atoms with Gasteiger partial charge >= 0.3 is 0 Å². The lowest BCUT2D eigenvalue weighted by molar-refractivity contribution is 0.589. The number of anilines is 1. The van der Waals surface area contributed by atoms with Gasteiger partial charge in [-0.05, 0) is 28.1 Å². The first kappa shape index (κ1) is 14.9. The topological polar surface area (TPSA) is 33.5 Å². The predicted molar refractivity (Wildman–Crippen MR) is 88.9 cm³/mol. The maximum absolute atomic E-state index is 12.0. The second kappa shape index (κ2) is 6.81. The molecule has 2 heterocycles. The fourth-order valence-corrected chi connectivity index (χ4v) is 4.00. The highest BCUT2D eigenvalue weighted by molar-refractivity contribution is 9.10. The summed E-state index contributed by atoms with van der Waals surface area (Å²) in [4.78, 5) is 14.0. The second-order valence-corrected chi connectivity index (χ2v) is 7.18. The van der Waals surface area contributed by atoms with Crippen molar-refractivity contribution < 1.29 is 4.42 Å². The molecule has 2 rings (SSSR count). The molecule has 3 nitrogen and oxygen atoms in total. The number of thioether (sulfide) groups is 1. The first-order valence-electron chi connectivity index (χ1n) is 6.13. The van der Waals surface area contributed by atoms with Gasteiger partial charge in [-0.15, -0.1) is 11.3 Å². The average molecular weight is 362 g/mol. The van der Waals surface area contributed by atoms with Crippen LogP contribution in [0, 0.1) is 0 Å². The number of halogens is 1. The lowest BCUT2D eigenvalue weighted by atomic mass is 10.4. The van der Waals surface area contributed by atoms with Gasteiger partial charge in [0.25, 0.3) is 0 Å². The first-order chi connectivity index (χ1) is 9.13. The lowest BCUT2D eigenvalue weighted by Crippen LogP contribution is -2.21. The molecule has 0 N–H and O–H groups in total. The third-order valence-corrected chi connectivity index (χ3v) is 5.72. The smallest absolute Gasteiger partial charge is 0.204 e. The van der Waals surface area contributed by atoms with Crippen LogP contribution in [0.3, 0.4) is 0 Å². The van der Waals surface area contributed by atoms with Crippen LogP contribution >= 0.6 is 39.0 Å². The minimum absolute atomic E-state index is 0.0278. The molecule has 0 unspecified atom stereocenters. The molecule has 0 atom stereocenters. The van der Waals surface area contributed by atoms with Gasteiger partial charge < -0.3 is 9.32 Å². The Bertz CT molecular complexity index is 608. The van der Waals surface area contributed by atoms with Crippen molar-refractivity contribution in [2.75, 3.05) is 30.0 Å². The molecule has 0 saturated heterocycles. The summed E-state index contributed by atoms with van der Waals surface area (Å²) in [5.41, 5.74) is 0.681. The number of hydrogen-bond donors (Lipinski definition) is 0. The van der Waals surface area contributed by atoms with Gasteiger partial charge in [0.1, 0.15) is 4.70 Å². The fourth-order valence-electron chi connectivity index (χ4n) is 1.65. The van der Waals surface area contributed by atoms with E-state index in [1.54, 1.807) is 6.07 Å². The van der Waals surface area contributed by atoms with Gasteiger partial charge in [-0.25, -0.2) is 0 Å². The van der Waals surface area contributed by atoms with Gasteiger partial charge in [-0.2, -0.15) is 11.8 Å². The Morgan fingerprint density at radius 3 is 3.00 bits per heavy atom. The zero-order chi connectivity index (χ0) is 13.8. The molecule has 0 bridgehead atoms. The van der Waals surface area contributed by atoms with E-state index in [1.165, 1.54) is 23.5 Å². The van der Waals surface area contributed by atoms with Crippen molar-refractivity contribution in [2.45, 2.75) is 13.3 Å². The molecule has 0 aromatic carbocycles. The van der Waals surface area contributed by atoms with Crippen molar-refractivity contribution in [3.05, 3.63) is 26.1 Å². The Labute approximate surface area is 129 Å². The van der Waals surface area contributed by atoms with Crippen molar-refractivity contribution in [1.29, 1.82) is 0 Å². The Morgan fingerprint density at radius 2 is 2.26 bits per heavy atom. The molecule has 6 heteroatoms. The van der Waals surface area contributed by atoms with Crippen molar-refractivity contribution in [1.82, 2.24) is 0 Å². The number of hydrogen-bond acceptors (Lipinski definition) is 5. The molecule has 0 aliphatic heterocycles. The average Bonchev–Trinajstić information content (AvgIpc) is 2.77. The predicted octanol–water partition coefficient (Wildman–Crippen LogP) is 4.20. The largest absolute Gasteiger partial charge is 0.438 e. The number of nitrogens with zero attached hydrogens (tertiary/aromatic N) is 1. The van der Waals surface area contributed by atoms with E-state index in [4.69, 9.17) is 4.42 Å². The Hall–Kier alpha value is -0.460. The van der Waals surface area contributed by atoms with E-state index in [1.807, 2.05) is 29.1 Å². The fraction of sp³-hybridized carbons (Fsp3) is 0.462.